The molecule has 0 aliphatic carbocycles. The van der Waals surface area contributed by atoms with Crippen LogP contribution in [0.2, 0.25) is 0 Å². The van der Waals surface area contributed by atoms with Gasteiger partial charge in [0.25, 0.3) is 0 Å². The van der Waals surface area contributed by atoms with Gasteiger partial charge in [-0.25, -0.2) is 14.8 Å². The summed E-state index contributed by atoms with van der Waals surface area (Å²) < 4.78 is 5.42. The topological polar surface area (TPSA) is 84.6 Å². The fourth-order valence-corrected chi connectivity index (χ4v) is 2.66. The van der Waals surface area contributed by atoms with E-state index in [1.807, 2.05) is 45.0 Å². The van der Waals surface area contributed by atoms with Gasteiger partial charge in [-0.15, -0.1) is 0 Å². The smallest absolute Gasteiger partial charge is 0.410 e. The van der Waals surface area contributed by atoms with E-state index in [1.165, 1.54) is 0 Å². The summed E-state index contributed by atoms with van der Waals surface area (Å²) in [5.74, 6) is 1.09. The zero-order chi connectivity index (χ0) is 17.3. The number of hydrogen-bond donors (Lipinski definition) is 1. The number of carbonyl (C=O) groups is 1. The van der Waals surface area contributed by atoms with Crippen molar-refractivity contribution < 1.29 is 9.53 Å². The Labute approximate surface area is 141 Å². The molecule has 2 N–H and O–H groups in total. The van der Waals surface area contributed by atoms with E-state index in [1.54, 1.807) is 4.90 Å². The number of anilines is 2. The molecule has 0 spiro atoms. The van der Waals surface area contributed by atoms with Crippen LogP contribution in [0, 0.1) is 0 Å². The summed E-state index contributed by atoms with van der Waals surface area (Å²) in [6, 6.07) is 7.65. The normalized spacial score (nSPS) is 15.6. The van der Waals surface area contributed by atoms with Gasteiger partial charge in [0.15, 0.2) is 11.6 Å². The van der Waals surface area contributed by atoms with Gasteiger partial charge < -0.3 is 20.3 Å². The van der Waals surface area contributed by atoms with E-state index in [9.17, 15) is 4.79 Å². The molecule has 2 heterocycles. The number of aromatic nitrogens is 2. The van der Waals surface area contributed by atoms with Gasteiger partial charge in [0.2, 0.25) is 0 Å². The van der Waals surface area contributed by atoms with Crippen molar-refractivity contribution in [1.29, 1.82) is 0 Å². The summed E-state index contributed by atoms with van der Waals surface area (Å²) in [6.07, 6.45) is -0.278. The minimum Gasteiger partial charge on any atom is -0.444 e. The van der Waals surface area contributed by atoms with Crippen molar-refractivity contribution in [2.45, 2.75) is 26.4 Å². The number of benzene rings is 1. The maximum absolute atomic E-state index is 12.1. The third kappa shape index (κ3) is 3.50. The monoisotopic (exact) mass is 329 g/mol. The van der Waals surface area contributed by atoms with Crippen molar-refractivity contribution in [2.75, 3.05) is 36.8 Å². The Morgan fingerprint density at radius 1 is 1.08 bits per heavy atom. The van der Waals surface area contributed by atoms with Gasteiger partial charge in [-0.1, -0.05) is 12.1 Å². The highest BCUT2D eigenvalue weighted by Crippen LogP contribution is 2.23. The van der Waals surface area contributed by atoms with Gasteiger partial charge in [-0.05, 0) is 32.9 Å². The first-order valence-corrected chi connectivity index (χ1v) is 8.08. The van der Waals surface area contributed by atoms with Crippen LogP contribution in [0.25, 0.3) is 11.0 Å². The van der Waals surface area contributed by atoms with E-state index in [0.29, 0.717) is 37.8 Å². The number of nitrogens with zero attached hydrogens (tertiary/aromatic N) is 4. The number of carbonyl (C=O) groups excluding carboxylic acids is 1. The molecule has 0 unspecified atom stereocenters. The van der Waals surface area contributed by atoms with Crippen molar-refractivity contribution in [3.05, 3.63) is 24.3 Å². The zero-order valence-electron chi connectivity index (χ0n) is 14.3. The molecule has 1 aliphatic rings. The highest BCUT2D eigenvalue weighted by molar-refractivity contribution is 5.80. The van der Waals surface area contributed by atoms with Gasteiger partial charge in [0, 0.05) is 26.2 Å². The van der Waals surface area contributed by atoms with Crippen molar-refractivity contribution in [3.8, 4) is 0 Å². The molecule has 1 aliphatic heterocycles. The van der Waals surface area contributed by atoms with Crippen molar-refractivity contribution in [2.24, 2.45) is 0 Å². The summed E-state index contributed by atoms with van der Waals surface area (Å²) in [7, 11) is 0. The SMILES string of the molecule is CC(C)(C)OC(=O)N1CCN(c2nc3ccccc3nc2N)CC1. The molecule has 7 nitrogen and oxygen atoms in total. The Morgan fingerprint density at radius 2 is 1.67 bits per heavy atom. The molecule has 0 saturated carbocycles. The molecule has 3 rings (SSSR count). The van der Waals surface area contributed by atoms with E-state index in [-0.39, 0.29) is 6.09 Å². The molecule has 0 radical (unpaired) electrons. The molecule has 1 saturated heterocycles. The van der Waals surface area contributed by atoms with E-state index in [2.05, 4.69) is 14.9 Å². The zero-order valence-corrected chi connectivity index (χ0v) is 14.3. The second kappa shape index (κ2) is 6.14. The lowest BCUT2D eigenvalue weighted by molar-refractivity contribution is 0.0240. The molecule has 1 fully saturated rings. The van der Waals surface area contributed by atoms with E-state index < -0.39 is 5.60 Å². The lowest BCUT2D eigenvalue weighted by atomic mass is 10.2. The molecule has 24 heavy (non-hydrogen) atoms. The lowest BCUT2D eigenvalue weighted by Crippen LogP contribution is -2.50. The fourth-order valence-electron chi connectivity index (χ4n) is 2.66. The molecule has 1 aromatic carbocycles. The van der Waals surface area contributed by atoms with Crippen LogP contribution in [0.1, 0.15) is 20.8 Å². The maximum atomic E-state index is 12.1. The quantitative estimate of drug-likeness (QED) is 0.864. The number of fused-ring (bicyclic) bond motifs is 1. The maximum Gasteiger partial charge on any atom is 0.410 e. The molecule has 2 aromatic rings. The summed E-state index contributed by atoms with van der Waals surface area (Å²) in [4.78, 5) is 25.0. The molecular formula is C17H23N5O2. The highest BCUT2D eigenvalue weighted by atomic mass is 16.6. The number of nitrogen functional groups attached to an aromatic ring is 1. The number of piperazine rings is 1. The largest absolute Gasteiger partial charge is 0.444 e. The average Bonchev–Trinajstić information content (AvgIpc) is 2.53. The Balaban J connectivity index is 1.71. The van der Waals surface area contributed by atoms with Crippen LogP contribution in [0.4, 0.5) is 16.4 Å². The second-order valence-corrected chi connectivity index (χ2v) is 6.88. The Bertz CT molecular complexity index is 748. The second-order valence-electron chi connectivity index (χ2n) is 6.88. The average molecular weight is 329 g/mol. The molecule has 1 amide bonds. The third-order valence-corrected chi connectivity index (χ3v) is 3.81. The van der Waals surface area contributed by atoms with Gasteiger partial charge in [-0.3, -0.25) is 0 Å². The van der Waals surface area contributed by atoms with Crippen molar-refractivity contribution >= 4 is 28.8 Å². The third-order valence-electron chi connectivity index (χ3n) is 3.81. The van der Waals surface area contributed by atoms with Crippen LogP contribution >= 0.6 is 0 Å². The van der Waals surface area contributed by atoms with Gasteiger partial charge in [-0.2, -0.15) is 0 Å². The highest BCUT2D eigenvalue weighted by Gasteiger charge is 2.27. The molecular weight excluding hydrogens is 306 g/mol. The number of nitrogens with two attached hydrogens (primary N) is 1. The Kier molecular flexibility index (Phi) is 4.17. The molecule has 0 atom stereocenters. The first-order valence-electron chi connectivity index (χ1n) is 8.08. The standard InChI is InChI=1S/C17H23N5O2/c1-17(2,3)24-16(23)22-10-8-21(9-11-22)15-14(18)19-12-6-4-5-7-13(12)20-15/h4-7H,8-11H2,1-3H3,(H2,18,19). The number of amides is 1. The first-order chi connectivity index (χ1) is 11.3. The Morgan fingerprint density at radius 3 is 2.25 bits per heavy atom. The van der Waals surface area contributed by atoms with Gasteiger partial charge in [0.05, 0.1) is 11.0 Å². The van der Waals surface area contributed by atoms with E-state index in [0.717, 1.165) is 11.0 Å². The number of rotatable bonds is 1. The van der Waals surface area contributed by atoms with Gasteiger partial charge >= 0.3 is 6.09 Å². The summed E-state index contributed by atoms with van der Waals surface area (Å²) in [5.41, 5.74) is 7.19. The van der Waals surface area contributed by atoms with E-state index in [4.69, 9.17) is 10.5 Å². The predicted octanol–water partition coefficient (Wildman–Crippen LogP) is 2.27. The van der Waals surface area contributed by atoms with Crippen LogP contribution in [0.3, 0.4) is 0 Å². The molecule has 0 bridgehead atoms. The summed E-state index contributed by atoms with van der Waals surface area (Å²) in [5, 5.41) is 0. The Hall–Kier alpha value is -2.57. The fraction of sp³-hybridized carbons (Fsp3) is 0.471. The summed E-state index contributed by atoms with van der Waals surface area (Å²) >= 11 is 0. The first kappa shape index (κ1) is 16.3. The van der Waals surface area contributed by atoms with Crippen molar-refractivity contribution in [1.82, 2.24) is 14.9 Å². The molecule has 7 heteroatoms. The van der Waals surface area contributed by atoms with Crippen LogP contribution in [0.5, 0.6) is 0 Å². The van der Waals surface area contributed by atoms with Crippen LogP contribution in [0.15, 0.2) is 24.3 Å². The lowest BCUT2D eigenvalue weighted by Gasteiger charge is -2.36. The van der Waals surface area contributed by atoms with Crippen LogP contribution in [-0.4, -0.2) is 52.7 Å². The van der Waals surface area contributed by atoms with Crippen molar-refractivity contribution in [3.63, 3.8) is 0 Å². The number of ether oxygens (including phenoxy) is 1. The summed E-state index contributed by atoms with van der Waals surface area (Å²) in [6.45, 7) is 8.05. The van der Waals surface area contributed by atoms with E-state index >= 15 is 0 Å². The molecule has 1 aromatic heterocycles. The number of hydrogen-bond acceptors (Lipinski definition) is 6. The van der Waals surface area contributed by atoms with Crippen LogP contribution < -0.4 is 10.6 Å². The minimum absolute atomic E-state index is 0.278. The predicted molar refractivity (Wildman–Crippen MR) is 94.0 cm³/mol. The number of para-hydroxylation sites is 2. The van der Waals surface area contributed by atoms with Gasteiger partial charge in [0.1, 0.15) is 5.60 Å². The minimum atomic E-state index is -0.484. The molecule has 128 valence electrons. The van der Waals surface area contributed by atoms with Crippen LogP contribution in [-0.2, 0) is 4.74 Å².